The summed E-state index contributed by atoms with van der Waals surface area (Å²) in [4.78, 5) is 14.5. The number of carboxylic acids is 1. The average molecular weight is 328 g/mol. The van der Waals surface area contributed by atoms with Crippen LogP contribution in [0.3, 0.4) is 0 Å². The minimum Gasteiger partial charge on any atom is -0.478 e. The zero-order valence-electron chi connectivity index (χ0n) is 10.9. The molecule has 0 atom stereocenters. The van der Waals surface area contributed by atoms with Crippen molar-refractivity contribution in [1.29, 1.82) is 0 Å². The van der Waals surface area contributed by atoms with Crippen molar-refractivity contribution in [2.24, 2.45) is 0 Å². The number of carboxylic acid groups (broad SMARTS) is 1. The number of alkyl halides is 3. The van der Waals surface area contributed by atoms with Crippen molar-refractivity contribution >= 4 is 23.1 Å². The first kappa shape index (κ1) is 16.0. The molecule has 1 N–H and O–H groups in total. The Kier molecular flexibility index (Phi) is 4.51. The number of carbonyl (C=O) groups is 1. The van der Waals surface area contributed by atoms with E-state index in [1.807, 2.05) is 0 Å². The third kappa shape index (κ3) is 3.85. The highest BCUT2D eigenvalue weighted by atomic mass is 35.5. The molecule has 2 rings (SSSR count). The van der Waals surface area contributed by atoms with E-state index in [2.05, 4.69) is 4.98 Å². The van der Waals surface area contributed by atoms with Gasteiger partial charge in [0.05, 0.1) is 5.56 Å². The maximum atomic E-state index is 12.8. The number of hydrogen-bond donors (Lipinski definition) is 1. The van der Waals surface area contributed by atoms with Crippen LogP contribution in [0.5, 0.6) is 0 Å². The topological polar surface area (TPSA) is 50.2 Å². The molecule has 0 fully saturated rings. The number of nitrogens with zero attached hydrogens (tertiary/aromatic N) is 1. The summed E-state index contributed by atoms with van der Waals surface area (Å²) in [6.07, 6.45) is -1.86. The van der Waals surface area contributed by atoms with Gasteiger partial charge in [-0.25, -0.2) is 4.79 Å². The van der Waals surface area contributed by atoms with Crippen molar-refractivity contribution in [3.63, 3.8) is 0 Å². The van der Waals surface area contributed by atoms with Gasteiger partial charge in [-0.05, 0) is 29.3 Å². The van der Waals surface area contributed by atoms with Crippen LogP contribution in [0.1, 0.15) is 16.7 Å². The van der Waals surface area contributed by atoms with E-state index in [-0.39, 0.29) is 11.1 Å². The van der Waals surface area contributed by atoms with Gasteiger partial charge in [0, 0.05) is 29.1 Å². The summed E-state index contributed by atoms with van der Waals surface area (Å²) in [5.41, 5.74) is -0.356. The number of hydrogen-bond acceptors (Lipinski definition) is 2. The van der Waals surface area contributed by atoms with Gasteiger partial charge in [-0.3, -0.25) is 4.98 Å². The van der Waals surface area contributed by atoms with Gasteiger partial charge in [0.15, 0.2) is 0 Å². The van der Waals surface area contributed by atoms with Gasteiger partial charge in [0.25, 0.3) is 0 Å². The molecule has 0 saturated carbocycles. The summed E-state index contributed by atoms with van der Waals surface area (Å²) in [5.74, 6) is -1.28. The van der Waals surface area contributed by atoms with Gasteiger partial charge in [-0.2, -0.15) is 13.2 Å². The molecule has 0 aliphatic carbocycles. The Labute approximate surface area is 128 Å². The first-order chi connectivity index (χ1) is 10.3. The second-order valence-corrected chi connectivity index (χ2v) is 4.80. The van der Waals surface area contributed by atoms with Crippen LogP contribution < -0.4 is 0 Å². The van der Waals surface area contributed by atoms with E-state index in [0.717, 1.165) is 12.1 Å². The van der Waals surface area contributed by atoms with Gasteiger partial charge in [0.1, 0.15) is 0 Å². The number of aromatic nitrogens is 1. The number of aliphatic carboxylic acids is 1. The lowest BCUT2D eigenvalue weighted by atomic mass is 9.98. The summed E-state index contributed by atoms with van der Waals surface area (Å²) < 4.78 is 38.3. The van der Waals surface area contributed by atoms with Gasteiger partial charge in [-0.1, -0.05) is 23.7 Å². The van der Waals surface area contributed by atoms with Crippen molar-refractivity contribution < 1.29 is 23.1 Å². The van der Waals surface area contributed by atoms with E-state index < -0.39 is 17.7 Å². The smallest absolute Gasteiger partial charge is 0.417 e. The van der Waals surface area contributed by atoms with Crippen LogP contribution in [0.2, 0.25) is 5.02 Å². The molecule has 0 spiro atoms. The predicted octanol–water partition coefficient (Wildman–Crippen LogP) is 4.27. The largest absolute Gasteiger partial charge is 0.478 e. The predicted molar refractivity (Wildman–Crippen MR) is 75.4 cm³/mol. The molecular weight excluding hydrogens is 319 g/mol. The SMILES string of the molecule is O=C(O)C=C(c1ccc(Cl)cc1)c1cncc(C(F)(F)F)c1. The average Bonchev–Trinajstić information content (AvgIpc) is 2.45. The third-order valence-electron chi connectivity index (χ3n) is 2.80. The van der Waals surface area contributed by atoms with Gasteiger partial charge in [-0.15, -0.1) is 0 Å². The van der Waals surface area contributed by atoms with E-state index in [4.69, 9.17) is 16.7 Å². The Bertz CT molecular complexity index is 724. The summed E-state index contributed by atoms with van der Waals surface area (Å²) in [7, 11) is 0. The highest BCUT2D eigenvalue weighted by molar-refractivity contribution is 6.30. The van der Waals surface area contributed by atoms with E-state index >= 15 is 0 Å². The third-order valence-corrected chi connectivity index (χ3v) is 3.05. The molecule has 0 aliphatic heterocycles. The Morgan fingerprint density at radius 1 is 1.14 bits per heavy atom. The molecule has 0 radical (unpaired) electrons. The monoisotopic (exact) mass is 327 g/mol. The van der Waals surface area contributed by atoms with E-state index in [1.54, 1.807) is 0 Å². The van der Waals surface area contributed by atoms with Gasteiger partial charge >= 0.3 is 12.1 Å². The van der Waals surface area contributed by atoms with Crippen molar-refractivity contribution in [3.05, 3.63) is 70.5 Å². The number of pyridine rings is 1. The maximum absolute atomic E-state index is 12.8. The molecule has 1 aromatic heterocycles. The molecule has 114 valence electrons. The molecule has 3 nitrogen and oxygen atoms in total. The van der Waals surface area contributed by atoms with Crippen LogP contribution >= 0.6 is 11.6 Å². The standard InChI is InChI=1S/C15H9ClF3NO2/c16-12-3-1-9(2-4-12)13(6-14(21)22)10-5-11(8-20-7-10)15(17,18)19/h1-8H,(H,21,22). The number of rotatable bonds is 3. The van der Waals surface area contributed by atoms with Crippen LogP contribution in [0.15, 0.2) is 48.8 Å². The highest BCUT2D eigenvalue weighted by Gasteiger charge is 2.31. The Morgan fingerprint density at radius 3 is 2.32 bits per heavy atom. The molecule has 0 amide bonds. The lowest BCUT2D eigenvalue weighted by Gasteiger charge is -2.11. The molecule has 7 heteroatoms. The summed E-state index contributed by atoms with van der Waals surface area (Å²) in [6, 6.07) is 6.95. The van der Waals surface area contributed by atoms with Crippen LogP contribution in [-0.2, 0) is 11.0 Å². The number of halogens is 4. The minimum absolute atomic E-state index is 0.0551. The van der Waals surface area contributed by atoms with E-state index in [9.17, 15) is 18.0 Å². The Hall–Kier alpha value is -2.34. The summed E-state index contributed by atoms with van der Waals surface area (Å²) >= 11 is 5.76. The fourth-order valence-corrected chi connectivity index (χ4v) is 1.95. The second kappa shape index (κ2) is 6.19. The first-order valence-corrected chi connectivity index (χ1v) is 6.38. The van der Waals surface area contributed by atoms with E-state index in [0.29, 0.717) is 16.8 Å². The highest BCUT2D eigenvalue weighted by Crippen LogP contribution is 2.32. The lowest BCUT2D eigenvalue weighted by Crippen LogP contribution is -2.06. The maximum Gasteiger partial charge on any atom is 0.417 e. The summed E-state index contributed by atoms with van der Waals surface area (Å²) in [5, 5.41) is 9.38. The fraction of sp³-hybridized carbons (Fsp3) is 0.0667. The molecule has 22 heavy (non-hydrogen) atoms. The quantitative estimate of drug-likeness (QED) is 0.856. The zero-order chi connectivity index (χ0) is 16.3. The molecular formula is C15H9ClF3NO2. The van der Waals surface area contributed by atoms with Crippen LogP contribution in [0.25, 0.3) is 5.57 Å². The first-order valence-electron chi connectivity index (χ1n) is 6.00. The van der Waals surface area contributed by atoms with Crippen molar-refractivity contribution in [2.75, 3.05) is 0 Å². The normalized spacial score (nSPS) is 12.3. The molecule has 2 aromatic rings. The molecule has 0 bridgehead atoms. The zero-order valence-corrected chi connectivity index (χ0v) is 11.7. The minimum atomic E-state index is -4.56. The summed E-state index contributed by atoms with van der Waals surface area (Å²) in [6.45, 7) is 0. The lowest BCUT2D eigenvalue weighted by molar-refractivity contribution is -0.137. The van der Waals surface area contributed by atoms with Crippen molar-refractivity contribution in [2.45, 2.75) is 6.18 Å². The van der Waals surface area contributed by atoms with E-state index in [1.165, 1.54) is 30.5 Å². The number of benzene rings is 1. The molecule has 0 saturated heterocycles. The van der Waals surface area contributed by atoms with Gasteiger partial charge in [0.2, 0.25) is 0 Å². The molecule has 0 aliphatic rings. The second-order valence-electron chi connectivity index (χ2n) is 4.36. The van der Waals surface area contributed by atoms with Crippen molar-refractivity contribution in [3.8, 4) is 0 Å². The molecule has 1 heterocycles. The molecule has 1 aromatic carbocycles. The fourth-order valence-electron chi connectivity index (χ4n) is 1.83. The van der Waals surface area contributed by atoms with Crippen LogP contribution in [0.4, 0.5) is 13.2 Å². The van der Waals surface area contributed by atoms with Crippen LogP contribution in [0, 0.1) is 0 Å². The van der Waals surface area contributed by atoms with Gasteiger partial charge < -0.3 is 5.11 Å². The van der Waals surface area contributed by atoms with Crippen molar-refractivity contribution in [1.82, 2.24) is 4.98 Å². The Morgan fingerprint density at radius 2 is 1.77 bits per heavy atom. The molecule has 0 unspecified atom stereocenters. The Balaban J connectivity index is 2.56. The van der Waals surface area contributed by atoms with Crippen LogP contribution in [-0.4, -0.2) is 16.1 Å².